The maximum Gasteiger partial charge on any atom is 0.240 e. The molecule has 3 rings (SSSR count). The first kappa shape index (κ1) is 26.1. The van der Waals surface area contributed by atoms with Crippen LogP contribution in [0.3, 0.4) is 0 Å². The number of thioether (sulfide) groups is 1. The molecule has 0 aliphatic carbocycles. The van der Waals surface area contributed by atoms with E-state index in [1.54, 1.807) is 37.1 Å². The number of amides is 1. The molecule has 0 atom stereocenters. The molecule has 2 heterocycles. The van der Waals surface area contributed by atoms with E-state index < -0.39 is 10.0 Å². The minimum atomic E-state index is -3.63. The van der Waals surface area contributed by atoms with Crippen LogP contribution in [-0.4, -0.2) is 109 Å². The summed E-state index contributed by atoms with van der Waals surface area (Å²) < 4.78 is 39.4. The van der Waals surface area contributed by atoms with E-state index in [2.05, 4.69) is 14.5 Å². The van der Waals surface area contributed by atoms with Crippen molar-refractivity contribution in [3.8, 4) is 5.75 Å². The number of carbonyl (C=O) groups is 1. The largest absolute Gasteiger partial charge is 0.495 e. The van der Waals surface area contributed by atoms with Gasteiger partial charge >= 0.3 is 0 Å². The fraction of sp³-hybridized carbons (Fsp3) is 0.682. The number of hydrogen-bond donors (Lipinski definition) is 1. The zero-order valence-electron chi connectivity index (χ0n) is 19.6. The third-order valence-electron chi connectivity index (χ3n) is 6.00. The minimum absolute atomic E-state index is 0.175. The van der Waals surface area contributed by atoms with Gasteiger partial charge in [0, 0.05) is 58.0 Å². The lowest BCUT2D eigenvalue weighted by molar-refractivity contribution is -0.131. The van der Waals surface area contributed by atoms with Crippen LogP contribution < -0.4 is 14.4 Å². The zero-order chi connectivity index (χ0) is 23.7. The summed E-state index contributed by atoms with van der Waals surface area (Å²) in [6.45, 7) is 7.00. The molecule has 186 valence electrons. The van der Waals surface area contributed by atoms with Gasteiger partial charge < -0.3 is 19.3 Å². The first-order chi connectivity index (χ1) is 15.9. The van der Waals surface area contributed by atoms with Crippen LogP contribution >= 0.6 is 11.8 Å². The topological polar surface area (TPSA) is 91.4 Å². The number of nitrogens with zero attached hydrogens (tertiary/aromatic N) is 3. The average molecular weight is 501 g/mol. The molecule has 1 N–H and O–H groups in total. The smallest absolute Gasteiger partial charge is 0.240 e. The van der Waals surface area contributed by atoms with Gasteiger partial charge in [0.25, 0.3) is 0 Å². The quantitative estimate of drug-likeness (QED) is 0.452. The van der Waals surface area contributed by atoms with Crippen molar-refractivity contribution in [2.24, 2.45) is 0 Å². The molecule has 0 bridgehead atoms. The highest BCUT2D eigenvalue weighted by Gasteiger charge is 2.24. The highest BCUT2D eigenvalue weighted by atomic mass is 32.2. The Bertz CT molecular complexity index is 870. The monoisotopic (exact) mass is 500 g/mol. The number of ether oxygens (including phenoxy) is 2. The molecular formula is C22H36N4O5S2. The standard InChI is InChI=1S/C22H36N4O5S2/c1-30-21-5-4-19(33(28,29)23-7-3-8-24-13-15-31-16-14-24)18-20(21)25-9-11-26(12-10-25)22(27)6-17-32-2/h4-5,18,23H,3,6-17H2,1-2H3. The van der Waals surface area contributed by atoms with Crippen LogP contribution in [-0.2, 0) is 19.6 Å². The summed E-state index contributed by atoms with van der Waals surface area (Å²) in [5.74, 6) is 1.63. The van der Waals surface area contributed by atoms with Crippen LogP contribution in [0.15, 0.2) is 23.1 Å². The van der Waals surface area contributed by atoms with E-state index >= 15 is 0 Å². The van der Waals surface area contributed by atoms with Crippen LogP contribution in [0.1, 0.15) is 12.8 Å². The summed E-state index contributed by atoms with van der Waals surface area (Å²) in [6.07, 6.45) is 3.29. The second-order valence-electron chi connectivity index (χ2n) is 8.15. The van der Waals surface area contributed by atoms with Crippen LogP contribution in [0.4, 0.5) is 5.69 Å². The number of morpholine rings is 1. The summed E-state index contributed by atoms with van der Waals surface area (Å²) >= 11 is 1.67. The summed E-state index contributed by atoms with van der Waals surface area (Å²) in [5, 5.41) is 0. The SMILES string of the molecule is COc1ccc(S(=O)(=O)NCCCN2CCOCC2)cc1N1CCN(C(=O)CCSC)CC1. The lowest BCUT2D eigenvalue weighted by Gasteiger charge is -2.36. The van der Waals surface area contributed by atoms with Gasteiger partial charge in [-0.25, -0.2) is 13.1 Å². The van der Waals surface area contributed by atoms with Crippen LogP contribution in [0, 0.1) is 0 Å². The Hall–Kier alpha value is -1.53. The van der Waals surface area contributed by atoms with E-state index in [-0.39, 0.29) is 10.8 Å². The molecule has 9 nitrogen and oxygen atoms in total. The molecule has 1 amide bonds. The number of hydrogen-bond acceptors (Lipinski definition) is 8. The van der Waals surface area contributed by atoms with Crippen molar-refractivity contribution in [1.82, 2.24) is 14.5 Å². The highest BCUT2D eigenvalue weighted by molar-refractivity contribution is 7.98. The predicted octanol–water partition coefficient (Wildman–Crippen LogP) is 1.10. The fourth-order valence-electron chi connectivity index (χ4n) is 4.05. The number of nitrogens with one attached hydrogen (secondary N) is 1. The minimum Gasteiger partial charge on any atom is -0.495 e. The van der Waals surface area contributed by atoms with Gasteiger partial charge in [-0.15, -0.1) is 0 Å². The van der Waals surface area contributed by atoms with E-state index in [1.807, 2.05) is 11.2 Å². The zero-order valence-corrected chi connectivity index (χ0v) is 21.3. The molecule has 2 fully saturated rings. The molecule has 33 heavy (non-hydrogen) atoms. The maximum atomic E-state index is 12.9. The second kappa shape index (κ2) is 12.8. The molecule has 0 spiro atoms. The number of anilines is 1. The summed E-state index contributed by atoms with van der Waals surface area (Å²) in [7, 11) is -2.04. The molecule has 0 radical (unpaired) electrons. The summed E-state index contributed by atoms with van der Waals surface area (Å²) in [4.78, 5) is 18.8. The van der Waals surface area contributed by atoms with E-state index in [9.17, 15) is 13.2 Å². The number of piperazine rings is 1. The third-order valence-corrected chi connectivity index (χ3v) is 8.07. The number of rotatable bonds is 11. The molecular weight excluding hydrogens is 464 g/mol. The van der Waals surface area contributed by atoms with Crippen molar-refractivity contribution >= 4 is 33.4 Å². The van der Waals surface area contributed by atoms with Crippen molar-refractivity contribution in [2.45, 2.75) is 17.7 Å². The second-order valence-corrected chi connectivity index (χ2v) is 10.9. The van der Waals surface area contributed by atoms with Crippen molar-refractivity contribution in [1.29, 1.82) is 0 Å². The first-order valence-electron chi connectivity index (χ1n) is 11.4. The molecule has 0 saturated carbocycles. The maximum absolute atomic E-state index is 12.9. The molecule has 0 aromatic heterocycles. The van der Waals surface area contributed by atoms with Crippen molar-refractivity contribution in [3.05, 3.63) is 18.2 Å². The fourth-order valence-corrected chi connectivity index (χ4v) is 5.52. The third kappa shape index (κ3) is 7.48. The molecule has 0 unspecified atom stereocenters. The Morgan fingerprint density at radius 3 is 2.55 bits per heavy atom. The van der Waals surface area contributed by atoms with Crippen molar-refractivity contribution in [2.75, 3.05) is 89.6 Å². The number of methoxy groups -OCH3 is 1. The Balaban J connectivity index is 1.58. The van der Waals surface area contributed by atoms with Crippen molar-refractivity contribution in [3.63, 3.8) is 0 Å². The Labute approximate surface area is 201 Å². The Morgan fingerprint density at radius 1 is 1.15 bits per heavy atom. The molecule has 2 aliphatic heterocycles. The summed E-state index contributed by atoms with van der Waals surface area (Å²) in [5.41, 5.74) is 0.741. The van der Waals surface area contributed by atoms with Gasteiger partial charge in [0.05, 0.1) is 30.9 Å². The normalized spacial score (nSPS) is 17.9. The van der Waals surface area contributed by atoms with Gasteiger partial charge in [-0.2, -0.15) is 11.8 Å². The van der Waals surface area contributed by atoms with Gasteiger partial charge in [0.2, 0.25) is 15.9 Å². The molecule has 2 aliphatic rings. The van der Waals surface area contributed by atoms with E-state index in [1.165, 1.54) is 0 Å². The van der Waals surface area contributed by atoms with E-state index in [4.69, 9.17) is 9.47 Å². The molecule has 2 saturated heterocycles. The number of sulfonamides is 1. The molecule has 1 aromatic rings. The molecule has 11 heteroatoms. The van der Waals surface area contributed by atoms with Gasteiger partial charge in [-0.3, -0.25) is 9.69 Å². The predicted molar refractivity (Wildman–Crippen MR) is 132 cm³/mol. The Kier molecular flexibility index (Phi) is 10.1. The van der Waals surface area contributed by atoms with Crippen LogP contribution in [0.5, 0.6) is 5.75 Å². The lowest BCUT2D eigenvalue weighted by Crippen LogP contribution is -2.49. The summed E-state index contributed by atoms with van der Waals surface area (Å²) in [6, 6.07) is 4.96. The van der Waals surface area contributed by atoms with E-state index in [0.717, 1.165) is 50.7 Å². The highest BCUT2D eigenvalue weighted by Crippen LogP contribution is 2.31. The first-order valence-corrected chi connectivity index (χ1v) is 14.3. The van der Waals surface area contributed by atoms with Crippen LogP contribution in [0.2, 0.25) is 0 Å². The molecule has 1 aromatic carbocycles. The van der Waals surface area contributed by atoms with Gasteiger partial charge in [0.15, 0.2) is 0 Å². The van der Waals surface area contributed by atoms with E-state index in [0.29, 0.717) is 44.9 Å². The average Bonchev–Trinajstić information content (AvgIpc) is 2.85. The van der Waals surface area contributed by atoms with Crippen LogP contribution in [0.25, 0.3) is 0 Å². The lowest BCUT2D eigenvalue weighted by atomic mass is 10.2. The number of carbonyl (C=O) groups excluding carboxylic acids is 1. The van der Waals surface area contributed by atoms with Gasteiger partial charge in [0.1, 0.15) is 5.75 Å². The number of benzene rings is 1. The van der Waals surface area contributed by atoms with Gasteiger partial charge in [-0.05, 0) is 37.4 Å². The van der Waals surface area contributed by atoms with Gasteiger partial charge in [-0.1, -0.05) is 0 Å². The van der Waals surface area contributed by atoms with Crippen molar-refractivity contribution < 1.29 is 22.7 Å². The Morgan fingerprint density at radius 2 is 1.88 bits per heavy atom.